The van der Waals surface area contributed by atoms with Gasteiger partial charge in [-0.15, -0.1) is 0 Å². The van der Waals surface area contributed by atoms with Gasteiger partial charge < -0.3 is 10.6 Å². The molecule has 12 heteroatoms. The van der Waals surface area contributed by atoms with Gasteiger partial charge in [0.15, 0.2) is 0 Å². The van der Waals surface area contributed by atoms with Gasteiger partial charge in [-0.2, -0.15) is 0 Å². The molecule has 3 rings (SSSR count). The second-order valence-corrected chi connectivity index (χ2v) is 7.08. The maximum atomic E-state index is 12.9. The Balaban J connectivity index is 1.81. The van der Waals surface area contributed by atoms with Crippen LogP contribution in [0.3, 0.4) is 0 Å². The van der Waals surface area contributed by atoms with Gasteiger partial charge in [0.2, 0.25) is 5.91 Å². The summed E-state index contributed by atoms with van der Waals surface area (Å²) in [6.45, 7) is 2.33. The van der Waals surface area contributed by atoms with Gasteiger partial charge in [0.05, 0.1) is 9.85 Å². The summed E-state index contributed by atoms with van der Waals surface area (Å²) in [6.07, 6.45) is 0. The SMILES string of the molecule is Cc1ccc(NC(=O)CN2C(=O)NC(C)(c3cccc([N+](=O)[O-])c3)C2=O)c([N+](=O)[O-])c1. The van der Waals surface area contributed by atoms with E-state index in [1.807, 2.05) is 0 Å². The third kappa shape index (κ3) is 4.03. The normalized spacial score (nSPS) is 17.9. The number of benzene rings is 2. The summed E-state index contributed by atoms with van der Waals surface area (Å²) < 4.78 is 0. The predicted molar refractivity (Wildman–Crippen MR) is 107 cm³/mol. The number of hydrogen-bond donors (Lipinski definition) is 2. The molecule has 2 N–H and O–H groups in total. The van der Waals surface area contributed by atoms with Crippen LogP contribution >= 0.6 is 0 Å². The summed E-state index contributed by atoms with van der Waals surface area (Å²) in [5.41, 5.74) is -1.48. The molecule has 1 heterocycles. The number of anilines is 1. The Bertz CT molecular complexity index is 1130. The van der Waals surface area contributed by atoms with Gasteiger partial charge in [0.25, 0.3) is 17.3 Å². The van der Waals surface area contributed by atoms with E-state index in [9.17, 15) is 34.6 Å². The van der Waals surface area contributed by atoms with Gasteiger partial charge in [0, 0.05) is 18.2 Å². The van der Waals surface area contributed by atoms with Gasteiger partial charge in [-0.25, -0.2) is 4.79 Å². The molecular formula is C19H17N5O7. The van der Waals surface area contributed by atoms with Crippen LogP contribution in [0, 0.1) is 27.2 Å². The number of carbonyl (C=O) groups is 3. The van der Waals surface area contributed by atoms with Gasteiger partial charge >= 0.3 is 6.03 Å². The number of carbonyl (C=O) groups excluding carboxylic acids is 3. The highest BCUT2D eigenvalue weighted by Gasteiger charge is 2.49. The van der Waals surface area contributed by atoms with Gasteiger partial charge in [-0.3, -0.25) is 34.7 Å². The fourth-order valence-corrected chi connectivity index (χ4v) is 3.20. The van der Waals surface area contributed by atoms with Gasteiger partial charge in [-0.05, 0) is 31.0 Å². The van der Waals surface area contributed by atoms with Crippen molar-refractivity contribution in [2.24, 2.45) is 0 Å². The Hall–Kier alpha value is -4.35. The molecule has 1 saturated heterocycles. The van der Waals surface area contributed by atoms with Crippen molar-refractivity contribution < 1.29 is 24.2 Å². The number of imide groups is 1. The average molecular weight is 427 g/mol. The Labute approximate surface area is 175 Å². The fraction of sp³-hybridized carbons (Fsp3) is 0.211. The molecule has 0 aliphatic carbocycles. The van der Waals surface area contributed by atoms with Crippen LogP contribution in [0.25, 0.3) is 0 Å². The minimum absolute atomic E-state index is 0.0749. The molecule has 2 aromatic rings. The van der Waals surface area contributed by atoms with E-state index in [1.54, 1.807) is 13.0 Å². The molecule has 160 valence electrons. The van der Waals surface area contributed by atoms with Crippen molar-refractivity contribution in [1.29, 1.82) is 0 Å². The van der Waals surface area contributed by atoms with Crippen LogP contribution in [-0.4, -0.2) is 39.1 Å². The second-order valence-electron chi connectivity index (χ2n) is 7.08. The van der Waals surface area contributed by atoms with E-state index < -0.39 is 39.8 Å². The third-order valence-corrected chi connectivity index (χ3v) is 4.84. The Morgan fingerprint density at radius 1 is 1.13 bits per heavy atom. The largest absolute Gasteiger partial charge is 0.325 e. The second kappa shape index (κ2) is 7.82. The number of nitro benzene ring substituents is 2. The lowest BCUT2D eigenvalue weighted by atomic mass is 9.91. The van der Waals surface area contributed by atoms with Crippen molar-refractivity contribution in [1.82, 2.24) is 10.2 Å². The zero-order valence-corrected chi connectivity index (χ0v) is 16.4. The number of nitro groups is 2. The Morgan fingerprint density at radius 3 is 2.48 bits per heavy atom. The van der Waals surface area contributed by atoms with Crippen molar-refractivity contribution in [3.8, 4) is 0 Å². The molecule has 31 heavy (non-hydrogen) atoms. The topological polar surface area (TPSA) is 165 Å². The highest BCUT2D eigenvalue weighted by molar-refractivity contribution is 6.10. The molecule has 2 aromatic carbocycles. The van der Waals surface area contributed by atoms with E-state index in [4.69, 9.17) is 0 Å². The van der Waals surface area contributed by atoms with E-state index in [-0.39, 0.29) is 22.6 Å². The number of amides is 4. The van der Waals surface area contributed by atoms with Crippen LogP contribution in [0.2, 0.25) is 0 Å². The minimum Gasteiger partial charge on any atom is -0.319 e. The van der Waals surface area contributed by atoms with Crippen LogP contribution < -0.4 is 10.6 Å². The quantitative estimate of drug-likeness (QED) is 0.405. The summed E-state index contributed by atoms with van der Waals surface area (Å²) in [7, 11) is 0. The van der Waals surface area contributed by atoms with E-state index >= 15 is 0 Å². The van der Waals surface area contributed by atoms with E-state index in [0.717, 1.165) is 6.07 Å². The lowest BCUT2D eigenvalue weighted by Crippen LogP contribution is -2.42. The molecule has 1 aliphatic rings. The van der Waals surface area contributed by atoms with Gasteiger partial charge in [-0.1, -0.05) is 18.2 Å². The molecule has 0 bridgehead atoms. The average Bonchev–Trinajstić information content (AvgIpc) is 2.93. The monoisotopic (exact) mass is 427 g/mol. The first kappa shape index (κ1) is 21.4. The van der Waals surface area contributed by atoms with E-state index in [2.05, 4.69) is 10.6 Å². The molecule has 1 fully saturated rings. The molecule has 1 aliphatic heterocycles. The summed E-state index contributed by atoms with van der Waals surface area (Å²) in [5.74, 6) is -1.61. The first-order valence-electron chi connectivity index (χ1n) is 8.97. The number of nitrogens with one attached hydrogen (secondary N) is 2. The van der Waals surface area contributed by atoms with Crippen molar-refractivity contribution in [3.05, 3.63) is 73.8 Å². The van der Waals surface area contributed by atoms with Crippen LogP contribution in [-0.2, 0) is 15.1 Å². The van der Waals surface area contributed by atoms with E-state index in [0.29, 0.717) is 10.5 Å². The number of rotatable bonds is 6. The number of non-ortho nitro benzene ring substituents is 1. The first-order chi connectivity index (χ1) is 14.5. The van der Waals surface area contributed by atoms with Crippen molar-refractivity contribution in [2.45, 2.75) is 19.4 Å². The van der Waals surface area contributed by atoms with Crippen LogP contribution in [0.1, 0.15) is 18.1 Å². The van der Waals surface area contributed by atoms with Gasteiger partial charge in [0.1, 0.15) is 17.8 Å². The standard InChI is InChI=1S/C19H17N5O7/c1-11-6-7-14(15(8-11)24(30)31)20-16(25)10-22-17(26)19(2,21-18(22)27)12-4-3-5-13(9-12)23(28)29/h3-9H,10H2,1-2H3,(H,20,25)(H,21,27). The highest BCUT2D eigenvalue weighted by Crippen LogP contribution is 2.31. The van der Waals surface area contributed by atoms with Crippen LogP contribution in [0.15, 0.2) is 42.5 Å². The Morgan fingerprint density at radius 2 is 1.84 bits per heavy atom. The molecule has 12 nitrogen and oxygen atoms in total. The van der Waals surface area contributed by atoms with Crippen LogP contribution in [0.5, 0.6) is 0 Å². The number of urea groups is 1. The molecule has 0 saturated carbocycles. The fourth-order valence-electron chi connectivity index (χ4n) is 3.20. The number of aryl methyl sites for hydroxylation is 1. The molecule has 1 atom stereocenters. The summed E-state index contributed by atoms with van der Waals surface area (Å²) in [6, 6.07) is 8.57. The lowest BCUT2D eigenvalue weighted by molar-refractivity contribution is -0.385. The van der Waals surface area contributed by atoms with Crippen molar-refractivity contribution in [2.75, 3.05) is 11.9 Å². The summed E-state index contributed by atoms with van der Waals surface area (Å²) >= 11 is 0. The minimum atomic E-state index is -1.61. The Kier molecular flexibility index (Phi) is 5.39. The number of nitrogens with zero attached hydrogens (tertiary/aromatic N) is 3. The molecule has 1 unspecified atom stereocenters. The molecular weight excluding hydrogens is 410 g/mol. The zero-order valence-electron chi connectivity index (χ0n) is 16.4. The third-order valence-electron chi connectivity index (χ3n) is 4.84. The molecule has 0 aromatic heterocycles. The zero-order chi connectivity index (χ0) is 22.9. The predicted octanol–water partition coefficient (Wildman–Crippen LogP) is 2.22. The van der Waals surface area contributed by atoms with Crippen molar-refractivity contribution >= 4 is 34.9 Å². The van der Waals surface area contributed by atoms with E-state index in [1.165, 1.54) is 37.3 Å². The molecule has 0 spiro atoms. The number of hydrogen-bond acceptors (Lipinski definition) is 7. The smallest absolute Gasteiger partial charge is 0.319 e. The van der Waals surface area contributed by atoms with Crippen molar-refractivity contribution in [3.63, 3.8) is 0 Å². The molecule has 4 amide bonds. The summed E-state index contributed by atoms with van der Waals surface area (Å²) in [5, 5.41) is 27.0. The highest BCUT2D eigenvalue weighted by atomic mass is 16.6. The maximum Gasteiger partial charge on any atom is 0.325 e. The summed E-state index contributed by atoms with van der Waals surface area (Å²) in [4.78, 5) is 59.3. The van der Waals surface area contributed by atoms with Crippen LogP contribution in [0.4, 0.5) is 21.9 Å². The maximum absolute atomic E-state index is 12.9. The molecule has 0 radical (unpaired) electrons. The first-order valence-corrected chi connectivity index (χ1v) is 8.97. The lowest BCUT2D eigenvalue weighted by Gasteiger charge is -2.22.